The summed E-state index contributed by atoms with van der Waals surface area (Å²) in [6.07, 6.45) is 1.16. The monoisotopic (exact) mass is 581 g/mol. The number of rotatable bonds is 9. The Morgan fingerprint density at radius 3 is 2.44 bits per heavy atom. The normalized spacial score (nSPS) is 16.0. The highest BCUT2D eigenvalue weighted by Crippen LogP contribution is 2.45. The molecule has 0 aromatic heterocycles. The molecular weight excluding hydrogens is 550 g/mol. The number of anilines is 2. The van der Waals surface area contributed by atoms with Gasteiger partial charge in [-0.25, -0.2) is 0 Å². The summed E-state index contributed by atoms with van der Waals surface area (Å²) in [5.74, 6) is 0.674. The minimum absolute atomic E-state index is 0.0301. The van der Waals surface area contributed by atoms with Crippen molar-refractivity contribution in [1.29, 1.82) is 0 Å². The zero-order chi connectivity index (χ0) is 29.7. The van der Waals surface area contributed by atoms with Gasteiger partial charge in [0.15, 0.2) is 0 Å². The molecular formula is C29H31N3O8S. The molecule has 11 nitrogen and oxygen atoms in total. The number of nitrogens with one attached hydrogen (secondary N) is 1. The van der Waals surface area contributed by atoms with Crippen molar-refractivity contribution in [2.75, 3.05) is 24.4 Å². The van der Waals surface area contributed by atoms with E-state index < -0.39 is 25.8 Å². The predicted molar refractivity (Wildman–Crippen MR) is 154 cm³/mol. The number of methoxy groups -OCH3 is 1. The molecule has 0 atom stereocenters. The molecule has 0 bridgehead atoms. The van der Waals surface area contributed by atoms with E-state index in [9.17, 15) is 23.3 Å². The summed E-state index contributed by atoms with van der Waals surface area (Å²) < 4.78 is 41.9. The van der Waals surface area contributed by atoms with Crippen molar-refractivity contribution in [3.63, 3.8) is 0 Å². The van der Waals surface area contributed by atoms with E-state index >= 15 is 0 Å². The lowest BCUT2D eigenvalue weighted by Crippen LogP contribution is -2.52. The summed E-state index contributed by atoms with van der Waals surface area (Å²) in [5.41, 5.74) is 2.98. The van der Waals surface area contributed by atoms with Crippen molar-refractivity contribution in [2.45, 2.75) is 51.0 Å². The molecule has 216 valence electrons. The minimum atomic E-state index is -3.72. The minimum Gasteiger partial charge on any atom is -0.496 e. The maximum atomic E-state index is 13.3. The Kier molecular flexibility index (Phi) is 7.06. The summed E-state index contributed by atoms with van der Waals surface area (Å²) in [7, 11) is -0.558. The van der Waals surface area contributed by atoms with E-state index in [1.54, 1.807) is 50.9 Å². The van der Waals surface area contributed by atoms with Gasteiger partial charge in [-0.15, -0.1) is 0 Å². The van der Waals surface area contributed by atoms with E-state index in [-0.39, 0.29) is 24.0 Å². The zero-order valence-corrected chi connectivity index (χ0v) is 24.2. The first-order valence-corrected chi connectivity index (χ1v) is 14.5. The third-order valence-corrected chi connectivity index (χ3v) is 8.98. The average molecular weight is 582 g/mol. The summed E-state index contributed by atoms with van der Waals surface area (Å²) >= 11 is 0. The molecule has 3 aromatic rings. The molecule has 1 aliphatic carbocycles. The largest absolute Gasteiger partial charge is 0.496 e. The van der Waals surface area contributed by atoms with Crippen LogP contribution in [0.25, 0.3) is 11.1 Å². The molecule has 2 aliphatic rings. The number of hydrogen-bond donors (Lipinski definition) is 1. The number of benzene rings is 3. The van der Waals surface area contributed by atoms with E-state index in [0.29, 0.717) is 58.0 Å². The summed E-state index contributed by atoms with van der Waals surface area (Å²) in [4.78, 5) is 25.7. The number of non-ortho nitro benzene ring substituents is 1. The van der Waals surface area contributed by atoms with Gasteiger partial charge >= 0.3 is 10.1 Å². The second kappa shape index (κ2) is 10.3. The van der Waals surface area contributed by atoms with Gasteiger partial charge in [0.05, 0.1) is 34.7 Å². The molecule has 1 aliphatic heterocycles. The van der Waals surface area contributed by atoms with Gasteiger partial charge in [0.1, 0.15) is 29.4 Å². The Morgan fingerprint density at radius 1 is 1.07 bits per heavy atom. The molecule has 41 heavy (non-hydrogen) atoms. The van der Waals surface area contributed by atoms with Gasteiger partial charge < -0.3 is 23.9 Å². The van der Waals surface area contributed by atoms with Crippen molar-refractivity contribution in [1.82, 2.24) is 0 Å². The summed E-state index contributed by atoms with van der Waals surface area (Å²) in [6.45, 7) is 5.35. The lowest BCUT2D eigenvalue weighted by atomic mass is 9.91. The number of nitro benzene ring substituents is 1. The fraction of sp³-hybridized carbons (Fsp3) is 0.345. The number of hydrogen-bond acceptors (Lipinski definition) is 9. The van der Waals surface area contributed by atoms with Gasteiger partial charge in [0.25, 0.3) is 11.6 Å². The second-order valence-corrected chi connectivity index (χ2v) is 12.6. The van der Waals surface area contributed by atoms with Crippen LogP contribution < -0.4 is 23.9 Å². The quantitative estimate of drug-likeness (QED) is 0.205. The number of fused-ring (bicyclic) bond motifs is 1. The molecule has 1 N–H and O–H groups in total. The van der Waals surface area contributed by atoms with Crippen molar-refractivity contribution in [3.05, 3.63) is 69.8 Å². The SMILES string of the molecule is COc1cc(OS(=O)(=O)C2CC2)ccc1-c1ccc2c(c1COc1cc([N+](=O)[O-])ccc1C)N(C)C(=O)C(C)(C)N2. The fourth-order valence-electron chi connectivity index (χ4n) is 4.94. The van der Waals surface area contributed by atoms with Crippen molar-refractivity contribution >= 4 is 33.1 Å². The van der Waals surface area contributed by atoms with Crippen molar-refractivity contribution < 1.29 is 31.8 Å². The number of nitro groups is 1. The van der Waals surface area contributed by atoms with E-state index in [1.807, 2.05) is 12.1 Å². The fourth-order valence-corrected chi connectivity index (χ4v) is 6.16. The van der Waals surface area contributed by atoms with Crippen LogP contribution >= 0.6 is 0 Å². The lowest BCUT2D eigenvalue weighted by Gasteiger charge is -2.39. The number of carbonyl (C=O) groups excluding carboxylic acids is 1. The van der Waals surface area contributed by atoms with Gasteiger partial charge in [-0.2, -0.15) is 8.42 Å². The van der Waals surface area contributed by atoms with Crippen LogP contribution in [0.3, 0.4) is 0 Å². The molecule has 0 radical (unpaired) electrons. The third-order valence-electron chi connectivity index (χ3n) is 7.27. The van der Waals surface area contributed by atoms with Crippen LogP contribution in [0.1, 0.15) is 37.8 Å². The van der Waals surface area contributed by atoms with Gasteiger partial charge in [-0.3, -0.25) is 14.9 Å². The highest BCUT2D eigenvalue weighted by molar-refractivity contribution is 7.88. The lowest BCUT2D eigenvalue weighted by molar-refractivity contribution is -0.385. The Balaban J connectivity index is 1.61. The zero-order valence-electron chi connectivity index (χ0n) is 23.4. The average Bonchev–Trinajstić information content (AvgIpc) is 3.77. The molecule has 1 fully saturated rings. The topological polar surface area (TPSA) is 137 Å². The van der Waals surface area contributed by atoms with Crippen LogP contribution in [0, 0.1) is 17.0 Å². The number of likely N-dealkylation sites (N-methyl/N-ethyl adjacent to an activating group) is 1. The number of ether oxygens (including phenoxy) is 2. The third kappa shape index (κ3) is 5.39. The van der Waals surface area contributed by atoms with E-state index in [4.69, 9.17) is 13.7 Å². The van der Waals surface area contributed by atoms with E-state index in [1.165, 1.54) is 25.3 Å². The van der Waals surface area contributed by atoms with Crippen molar-refractivity contribution in [3.8, 4) is 28.4 Å². The maximum absolute atomic E-state index is 13.3. The second-order valence-electron chi connectivity index (χ2n) is 10.7. The standard InChI is InChI=1S/C29H31N3O8S/c1-17-6-7-18(32(34)35)14-25(17)39-16-23-21(12-13-24-27(23)31(4)28(33)29(2,3)30-24)22-11-8-19(15-26(22)38-5)40-41(36,37)20-9-10-20/h6-8,11-15,20,30H,9-10,16H2,1-5H3. The molecule has 5 rings (SSSR count). The van der Waals surface area contributed by atoms with Gasteiger partial charge in [-0.05, 0) is 69.0 Å². The number of amides is 1. The van der Waals surface area contributed by atoms with Crippen LogP contribution in [0.15, 0.2) is 48.5 Å². The Hall–Kier alpha value is -4.32. The van der Waals surface area contributed by atoms with Gasteiger partial charge in [-0.1, -0.05) is 6.07 Å². The van der Waals surface area contributed by atoms with Crippen LogP contribution in [0.2, 0.25) is 0 Å². The maximum Gasteiger partial charge on any atom is 0.312 e. The first-order valence-electron chi connectivity index (χ1n) is 13.0. The first-order chi connectivity index (χ1) is 19.3. The molecule has 1 saturated carbocycles. The van der Waals surface area contributed by atoms with Crippen LogP contribution in [0.5, 0.6) is 17.2 Å². The number of aryl methyl sites for hydroxylation is 1. The summed E-state index contributed by atoms with van der Waals surface area (Å²) in [6, 6.07) is 12.9. The molecule has 0 saturated heterocycles. The highest BCUT2D eigenvalue weighted by Gasteiger charge is 2.39. The Morgan fingerprint density at radius 2 is 1.78 bits per heavy atom. The molecule has 1 heterocycles. The first kappa shape index (κ1) is 28.2. The van der Waals surface area contributed by atoms with Crippen LogP contribution in [-0.2, 0) is 21.5 Å². The number of carbonyl (C=O) groups is 1. The van der Waals surface area contributed by atoms with Crippen LogP contribution in [-0.4, -0.2) is 44.2 Å². The Bertz CT molecular complexity index is 1660. The van der Waals surface area contributed by atoms with Gasteiger partial charge in [0, 0.05) is 30.3 Å². The van der Waals surface area contributed by atoms with Crippen LogP contribution in [0.4, 0.5) is 17.1 Å². The molecule has 0 spiro atoms. The molecule has 12 heteroatoms. The highest BCUT2D eigenvalue weighted by atomic mass is 32.2. The molecule has 0 unspecified atom stereocenters. The van der Waals surface area contributed by atoms with Gasteiger partial charge in [0.2, 0.25) is 0 Å². The molecule has 3 aromatic carbocycles. The summed E-state index contributed by atoms with van der Waals surface area (Å²) in [5, 5.41) is 14.2. The smallest absolute Gasteiger partial charge is 0.312 e. The predicted octanol–water partition coefficient (Wildman–Crippen LogP) is 5.20. The molecule has 1 amide bonds. The van der Waals surface area contributed by atoms with E-state index in [2.05, 4.69) is 5.32 Å². The van der Waals surface area contributed by atoms with Crippen molar-refractivity contribution in [2.24, 2.45) is 0 Å². The Labute approximate surface area is 238 Å². The van der Waals surface area contributed by atoms with E-state index in [0.717, 1.165) is 0 Å². The number of nitrogens with zero attached hydrogens (tertiary/aromatic N) is 2.